The van der Waals surface area contributed by atoms with Crippen LogP contribution in [0.15, 0.2) is 30.3 Å². The second-order valence-corrected chi connectivity index (χ2v) is 4.90. The molecule has 2 rings (SSSR count). The summed E-state index contributed by atoms with van der Waals surface area (Å²) in [5.41, 5.74) is 0.764. The van der Waals surface area contributed by atoms with Gasteiger partial charge in [-0.15, -0.1) is 0 Å². The minimum absolute atomic E-state index is 0.118. The van der Waals surface area contributed by atoms with Gasteiger partial charge in [-0.3, -0.25) is 4.79 Å². The van der Waals surface area contributed by atoms with Crippen molar-refractivity contribution in [2.45, 2.75) is 6.92 Å². The molecule has 1 aromatic carbocycles. The van der Waals surface area contributed by atoms with E-state index in [2.05, 4.69) is 0 Å². The quantitative estimate of drug-likeness (QED) is 0.804. The number of nitrogens with zero attached hydrogens (tertiary/aromatic N) is 2. The van der Waals surface area contributed by atoms with Crippen molar-refractivity contribution in [2.24, 2.45) is 0 Å². The molecular weight excluding hydrogens is 287 g/mol. The molecule has 1 heterocycles. The Bertz CT molecular complexity index is 549. The topological polar surface area (TPSA) is 49.9 Å². The number of benzene rings is 1. The number of halogens is 1. The van der Waals surface area contributed by atoms with E-state index >= 15 is 0 Å². The second-order valence-electron chi connectivity index (χ2n) is 4.90. The molecule has 5 nitrogen and oxygen atoms in total. The van der Waals surface area contributed by atoms with E-state index in [0.717, 1.165) is 5.56 Å². The van der Waals surface area contributed by atoms with E-state index < -0.39 is 0 Å². The molecule has 1 aromatic rings. The van der Waals surface area contributed by atoms with Gasteiger partial charge < -0.3 is 14.5 Å². The van der Waals surface area contributed by atoms with E-state index in [9.17, 15) is 14.0 Å². The fourth-order valence-corrected chi connectivity index (χ4v) is 2.17. The van der Waals surface area contributed by atoms with Crippen LogP contribution in [0, 0.1) is 5.82 Å². The Morgan fingerprint density at radius 2 is 1.73 bits per heavy atom. The standard InChI is InChI=1S/C16H19FN2O3/c1-2-22-16(21)19-11-9-18(10-12-19)15(20)8-5-13-3-6-14(17)7-4-13/h3-8H,2,9-12H2,1H3. The van der Waals surface area contributed by atoms with Gasteiger partial charge in [0.25, 0.3) is 0 Å². The van der Waals surface area contributed by atoms with Crippen LogP contribution in [0.4, 0.5) is 9.18 Å². The zero-order chi connectivity index (χ0) is 15.9. The number of rotatable bonds is 3. The first-order chi connectivity index (χ1) is 10.6. The van der Waals surface area contributed by atoms with Crippen molar-refractivity contribution in [1.29, 1.82) is 0 Å². The molecule has 0 aliphatic carbocycles. The second kappa shape index (κ2) is 7.59. The molecule has 1 aliphatic heterocycles. The van der Waals surface area contributed by atoms with Gasteiger partial charge >= 0.3 is 6.09 Å². The molecule has 22 heavy (non-hydrogen) atoms. The number of ether oxygens (including phenoxy) is 1. The van der Waals surface area contributed by atoms with Crippen LogP contribution in [0.5, 0.6) is 0 Å². The van der Waals surface area contributed by atoms with Crippen LogP contribution in [0.25, 0.3) is 6.08 Å². The van der Waals surface area contributed by atoms with Crippen LogP contribution in [0.2, 0.25) is 0 Å². The molecule has 0 unspecified atom stereocenters. The van der Waals surface area contributed by atoms with Crippen molar-refractivity contribution in [3.8, 4) is 0 Å². The van der Waals surface area contributed by atoms with Crippen LogP contribution in [-0.4, -0.2) is 54.6 Å². The van der Waals surface area contributed by atoms with Gasteiger partial charge in [0.15, 0.2) is 0 Å². The summed E-state index contributed by atoms with van der Waals surface area (Å²) in [6.45, 7) is 4.00. The van der Waals surface area contributed by atoms with E-state index in [1.807, 2.05) is 0 Å². The molecule has 0 aromatic heterocycles. The van der Waals surface area contributed by atoms with Gasteiger partial charge in [0.1, 0.15) is 5.82 Å². The normalized spacial score (nSPS) is 15.2. The molecule has 1 saturated heterocycles. The number of hydrogen-bond acceptors (Lipinski definition) is 3. The van der Waals surface area contributed by atoms with Gasteiger partial charge in [0.2, 0.25) is 5.91 Å². The Hall–Kier alpha value is -2.37. The Kier molecular flexibility index (Phi) is 5.52. The molecule has 0 N–H and O–H groups in total. The maximum Gasteiger partial charge on any atom is 0.409 e. The number of amides is 2. The van der Waals surface area contributed by atoms with Crippen LogP contribution in [0.1, 0.15) is 12.5 Å². The van der Waals surface area contributed by atoms with Crippen LogP contribution in [-0.2, 0) is 9.53 Å². The van der Waals surface area contributed by atoms with Crippen molar-refractivity contribution in [1.82, 2.24) is 9.80 Å². The lowest BCUT2D eigenvalue weighted by Gasteiger charge is -2.33. The van der Waals surface area contributed by atoms with Crippen molar-refractivity contribution >= 4 is 18.1 Å². The first-order valence-electron chi connectivity index (χ1n) is 7.24. The lowest BCUT2D eigenvalue weighted by molar-refractivity contribution is -0.127. The summed E-state index contributed by atoms with van der Waals surface area (Å²) in [7, 11) is 0. The van der Waals surface area contributed by atoms with E-state index in [1.54, 1.807) is 34.9 Å². The first-order valence-corrected chi connectivity index (χ1v) is 7.24. The Labute approximate surface area is 129 Å². The summed E-state index contributed by atoms with van der Waals surface area (Å²) in [5, 5.41) is 0. The van der Waals surface area contributed by atoms with Gasteiger partial charge in [-0.2, -0.15) is 0 Å². The summed E-state index contributed by atoms with van der Waals surface area (Å²) in [5.74, 6) is -0.425. The van der Waals surface area contributed by atoms with Crippen LogP contribution < -0.4 is 0 Å². The largest absolute Gasteiger partial charge is 0.450 e. The summed E-state index contributed by atoms with van der Waals surface area (Å²) in [4.78, 5) is 26.9. The van der Waals surface area contributed by atoms with Gasteiger partial charge in [0.05, 0.1) is 6.61 Å². The number of carbonyl (C=O) groups excluding carboxylic acids is 2. The van der Waals surface area contributed by atoms with E-state index in [0.29, 0.717) is 32.8 Å². The Balaban J connectivity index is 1.84. The number of piperazine rings is 1. The number of hydrogen-bond donors (Lipinski definition) is 0. The minimum Gasteiger partial charge on any atom is -0.450 e. The SMILES string of the molecule is CCOC(=O)N1CCN(C(=O)C=Cc2ccc(F)cc2)CC1. The number of carbonyl (C=O) groups is 2. The Morgan fingerprint density at radius 3 is 2.32 bits per heavy atom. The molecule has 6 heteroatoms. The van der Waals surface area contributed by atoms with Crippen molar-refractivity contribution in [2.75, 3.05) is 32.8 Å². The van der Waals surface area contributed by atoms with Crippen molar-refractivity contribution in [3.05, 3.63) is 41.7 Å². The first kappa shape index (κ1) is 16.0. The van der Waals surface area contributed by atoms with Crippen LogP contribution >= 0.6 is 0 Å². The third-order valence-electron chi connectivity index (χ3n) is 3.41. The summed E-state index contributed by atoms with van der Waals surface area (Å²) in [6, 6.07) is 5.92. The zero-order valence-corrected chi connectivity index (χ0v) is 12.5. The fraction of sp³-hybridized carbons (Fsp3) is 0.375. The van der Waals surface area contributed by atoms with Crippen LogP contribution in [0.3, 0.4) is 0 Å². The molecule has 2 amide bonds. The highest BCUT2D eigenvalue weighted by Gasteiger charge is 2.23. The average molecular weight is 306 g/mol. The van der Waals surface area contributed by atoms with E-state index in [4.69, 9.17) is 4.74 Å². The van der Waals surface area contributed by atoms with E-state index in [-0.39, 0.29) is 17.8 Å². The van der Waals surface area contributed by atoms with E-state index in [1.165, 1.54) is 18.2 Å². The average Bonchev–Trinajstić information content (AvgIpc) is 2.54. The van der Waals surface area contributed by atoms with Gasteiger partial charge in [-0.05, 0) is 30.7 Å². The molecular formula is C16H19FN2O3. The molecule has 0 bridgehead atoms. The highest BCUT2D eigenvalue weighted by molar-refractivity contribution is 5.91. The third-order valence-corrected chi connectivity index (χ3v) is 3.41. The molecule has 0 radical (unpaired) electrons. The zero-order valence-electron chi connectivity index (χ0n) is 12.5. The third kappa shape index (κ3) is 4.31. The molecule has 1 fully saturated rings. The maximum absolute atomic E-state index is 12.8. The van der Waals surface area contributed by atoms with Gasteiger partial charge in [-0.1, -0.05) is 12.1 Å². The Morgan fingerprint density at radius 1 is 1.14 bits per heavy atom. The minimum atomic E-state index is -0.337. The van der Waals surface area contributed by atoms with Crippen molar-refractivity contribution < 1.29 is 18.7 Å². The molecule has 118 valence electrons. The molecule has 1 aliphatic rings. The highest BCUT2D eigenvalue weighted by atomic mass is 19.1. The summed E-state index contributed by atoms with van der Waals surface area (Å²) < 4.78 is 17.7. The summed E-state index contributed by atoms with van der Waals surface area (Å²) in [6.07, 6.45) is 2.78. The lowest BCUT2D eigenvalue weighted by atomic mass is 10.2. The highest BCUT2D eigenvalue weighted by Crippen LogP contribution is 2.08. The van der Waals surface area contributed by atoms with Gasteiger partial charge in [-0.25, -0.2) is 9.18 Å². The van der Waals surface area contributed by atoms with Crippen molar-refractivity contribution in [3.63, 3.8) is 0 Å². The fourth-order valence-electron chi connectivity index (χ4n) is 2.17. The molecule has 0 saturated carbocycles. The van der Waals surface area contributed by atoms with Gasteiger partial charge in [0, 0.05) is 32.3 Å². The molecule has 0 atom stereocenters. The predicted octanol–water partition coefficient (Wildman–Crippen LogP) is 2.14. The monoisotopic (exact) mass is 306 g/mol. The summed E-state index contributed by atoms with van der Waals surface area (Å²) >= 11 is 0. The lowest BCUT2D eigenvalue weighted by Crippen LogP contribution is -2.50. The predicted molar refractivity (Wildman–Crippen MR) is 80.6 cm³/mol. The molecule has 0 spiro atoms. The smallest absolute Gasteiger partial charge is 0.409 e. The maximum atomic E-state index is 12.8.